The fraction of sp³-hybridized carbons (Fsp3) is 0.217. The number of rotatable bonds is 7. The van der Waals surface area contributed by atoms with Crippen LogP contribution in [0.1, 0.15) is 40.3 Å². The standard InChI is InChI=1S/C23H23BrN2O4/c1-15(2)29-19-11-7-4-8-16(19)14-25-22(27)17-9-5-6-10-18(17)26(3)23(28)20-12-13-21(24)30-20/h4-13,15H,14H2,1-3H3,(H,25,27). The van der Waals surface area contributed by atoms with E-state index in [1.165, 1.54) is 4.90 Å². The van der Waals surface area contributed by atoms with E-state index in [4.69, 9.17) is 9.15 Å². The second kappa shape index (κ2) is 9.63. The zero-order valence-electron chi connectivity index (χ0n) is 17.0. The smallest absolute Gasteiger partial charge is 0.293 e. The third-order valence-electron chi connectivity index (χ3n) is 4.37. The van der Waals surface area contributed by atoms with Gasteiger partial charge in [0.05, 0.1) is 17.4 Å². The van der Waals surface area contributed by atoms with Crippen LogP contribution in [0.3, 0.4) is 0 Å². The van der Waals surface area contributed by atoms with Gasteiger partial charge in [0.2, 0.25) is 0 Å². The second-order valence-electron chi connectivity index (χ2n) is 6.94. The average Bonchev–Trinajstić information content (AvgIpc) is 3.17. The first-order valence-electron chi connectivity index (χ1n) is 9.52. The number of furan rings is 1. The number of anilines is 1. The van der Waals surface area contributed by atoms with Gasteiger partial charge < -0.3 is 19.4 Å². The Kier molecular flexibility index (Phi) is 6.95. The molecule has 0 unspecified atom stereocenters. The lowest BCUT2D eigenvalue weighted by Gasteiger charge is -2.20. The van der Waals surface area contributed by atoms with E-state index in [0.717, 1.165) is 11.3 Å². The minimum Gasteiger partial charge on any atom is -0.491 e. The summed E-state index contributed by atoms with van der Waals surface area (Å²) in [4.78, 5) is 27.0. The van der Waals surface area contributed by atoms with Crippen molar-refractivity contribution in [2.75, 3.05) is 11.9 Å². The molecule has 1 aromatic heterocycles. The van der Waals surface area contributed by atoms with Crippen molar-refractivity contribution in [1.29, 1.82) is 0 Å². The summed E-state index contributed by atoms with van der Waals surface area (Å²) in [5, 5.41) is 2.92. The molecule has 3 aromatic rings. The number of para-hydroxylation sites is 2. The number of hydrogen-bond acceptors (Lipinski definition) is 4. The van der Waals surface area contributed by atoms with Gasteiger partial charge in [0.15, 0.2) is 10.4 Å². The number of nitrogens with zero attached hydrogens (tertiary/aromatic N) is 1. The normalized spacial score (nSPS) is 10.7. The molecule has 2 amide bonds. The molecule has 0 aliphatic heterocycles. The zero-order chi connectivity index (χ0) is 21.7. The van der Waals surface area contributed by atoms with E-state index in [2.05, 4.69) is 21.2 Å². The second-order valence-corrected chi connectivity index (χ2v) is 7.72. The highest BCUT2D eigenvalue weighted by atomic mass is 79.9. The lowest BCUT2D eigenvalue weighted by atomic mass is 10.1. The summed E-state index contributed by atoms with van der Waals surface area (Å²) in [7, 11) is 1.61. The van der Waals surface area contributed by atoms with Gasteiger partial charge in [0.25, 0.3) is 11.8 Å². The van der Waals surface area contributed by atoms with Crippen molar-refractivity contribution in [1.82, 2.24) is 5.32 Å². The van der Waals surface area contributed by atoms with Crippen molar-refractivity contribution in [2.45, 2.75) is 26.5 Å². The van der Waals surface area contributed by atoms with Crippen LogP contribution in [0.4, 0.5) is 5.69 Å². The molecule has 0 fully saturated rings. The Hall–Kier alpha value is -3.06. The SMILES string of the molecule is CC(C)Oc1ccccc1CNC(=O)c1ccccc1N(C)C(=O)c1ccc(Br)o1. The Bertz CT molecular complexity index is 1040. The van der Waals surface area contributed by atoms with E-state index in [0.29, 0.717) is 22.5 Å². The molecule has 0 aliphatic rings. The number of halogens is 1. The van der Waals surface area contributed by atoms with Gasteiger partial charge in [-0.1, -0.05) is 30.3 Å². The molecule has 0 spiro atoms. The molecule has 0 atom stereocenters. The number of amides is 2. The molecule has 3 rings (SSSR count). The maximum Gasteiger partial charge on any atom is 0.293 e. The topological polar surface area (TPSA) is 71.8 Å². The van der Waals surface area contributed by atoms with Crippen molar-refractivity contribution >= 4 is 33.4 Å². The minimum absolute atomic E-state index is 0.0314. The Morgan fingerprint density at radius 1 is 1.07 bits per heavy atom. The Labute approximate surface area is 184 Å². The van der Waals surface area contributed by atoms with Gasteiger partial charge in [-0.3, -0.25) is 9.59 Å². The van der Waals surface area contributed by atoms with Crippen LogP contribution in [0, 0.1) is 0 Å². The fourth-order valence-electron chi connectivity index (χ4n) is 2.95. The van der Waals surface area contributed by atoms with Gasteiger partial charge in [0, 0.05) is 19.2 Å². The molecule has 0 radical (unpaired) electrons. The predicted octanol–water partition coefficient (Wildman–Crippen LogP) is 5.04. The van der Waals surface area contributed by atoms with Crippen molar-refractivity contribution in [3.63, 3.8) is 0 Å². The lowest BCUT2D eigenvalue weighted by Crippen LogP contribution is -2.30. The van der Waals surface area contributed by atoms with Crippen molar-refractivity contribution in [2.24, 2.45) is 0 Å². The molecule has 1 heterocycles. The van der Waals surface area contributed by atoms with Crippen LogP contribution in [0.15, 0.2) is 69.8 Å². The maximum atomic E-state index is 12.9. The Morgan fingerprint density at radius 2 is 1.77 bits per heavy atom. The largest absolute Gasteiger partial charge is 0.491 e. The number of carbonyl (C=O) groups is 2. The van der Waals surface area contributed by atoms with E-state index in [1.54, 1.807) is 43.4 Å². The molecule has 1 N–H and O–H groups in total. The quantitative estimate of drug-likeness (QED) is 0.525. The van der Waals surface area contributed by atoms with Crippen LogP contribution in [-0.4, -0.2) is 25.0 Å². The van der Waals surface area contributed by atoms with Gasteiger partial charge in [-0.2, -0.15) is 0 Å². The first-order chi connectivity index (χ1) is 14.4. The number of hydrogen-bond donors (Lipinski definition) is 1. The van der Waals surface area contributed by atoms with Gasteiger partial charge in [0.1, 0.15) is 5.75 Å². The lowest BCUT2D eigenvalue weighted by molar-refractivity contribution is 0.0950. The monoisotopic (exact) mass is 470 g/mol. The average molecular weight is 471 g/mol. The van der Waals surface area contributed by atoms with Crippen LogP contribution in [0.25, 0.3) is 0 Å². The van der Waals surface area contributed by atoms with E-state index in [-0.39, 0.29) is 23.7 Å². The summed E-state index contributed by atoms with van der Waals surface area (Å²) in [5.41, 5.74) is 1.75. The van der Waals surface area contributed by atoms with E-state index in [1.807, 2.05) is 38.1 Å². The summed E-state index contributed by atoms with van der Waals surface area (Å²) in [6.45, 7) is 4.21. The van der Waals surface area contributed by atoms with Crippen molar-refractivity contribution < 1.29 is 18.7 Å². The van der Waals surface area contributed by atoms with Gasteiger partial charge >= 0.3 is 0 Å². The third kappa shape index (κ3) is 5.10. The highest BCUT2D eigenvalue weighted by Crippen LogP contribution is 2.24. The molecule has 30 heavy (non-hydrogen) atoms. The number of nitrogens with one attached hydrogen (secondary N) is 1. The Balaban J connectivity index is 1.77. The summed E-state index contributed by atoms with van der Waals surface area (Å²) < 4.78 is 11.6. The predicted molar refractivity (Wildman–Crippen MR) is 119 cm³/mol. The molecule has 6 nitrogen and oxygen atoms in total. The first kappa shape index (κ1) is 21.6. The zero-order valence-corrected chi connectivity index (χ0v) is 18.6. The van der Waals surface area contributed by atoms with Crippen molar-refractivity contribution in [3.8, 4) is 5.75 Å². The first-order valence-corrected chi connectivity index (χ1v) is 10.3. The number of ether oxygens (including phenoxy) is 1. The molecule has 0 saturated heterocycles. The summed E-state index contributed by atoms with van der Waals surface area (Å²) >= 11 is 3.19. The van der Waals surface area contributed by atoms with E-state index >= 15 is 0 Å². The maximum absolute atomic E-state index is 12.9. The number of benzene rings is 2. The van der Waals surface area contributed by atoms with Crippen LogP contribution >= 0.6 is 15.9 Å². The molecular weight excluding hydrogens is 448 g/mol. The van der Waals surface area contributed by atoms with Crippen LogP contribution in [-0.2, 0) is 6.54 Å². The highest BCUT2D eigenvalue weighted by molar-refractivity contribution is 9.10. The molecule has 156 valence electrons. The van der Waals surface area contributed by atoms with Gasteiger partial charge in [-0.25, -0.2) is 0 Å². The minimum atomic E-state index is -0.350. The van der Waals surface area contributed by atoms with E-state index < -0.39 is 0 Å². The molecule has 2 aromatic carbocycles. The van der Waals surface area contributed by atoms with Gasteiger partial charge in [-0.05, 0) is 60.1 Å². The molecule has 0 aliphatic carbocycles. The molecular formula is C23H23BrN2O4. The highest BCUT2D eigenvalue weighted by Gasteiger charge is 2.22. The summed E-state index contributed by atoms with van der Waals surface area (Å²) in [6, 6.07) is 17.8. The summed E-state index contributed by atoms with van der Waals surface area (Å²) in [6.07, 6.45) is 0.0314. The molecule has 7 heteroatoms. The van der Waals surface area contributed by atoms with Crippen LogP contribution in [0.2, 0.25) is 0 Å². The van der Waals surface area contributed by atoms with Crippen LogP contribution in [0.5, 0.6) is 5.75 Å². The number of carbonyl (C=O) groups excluding carboxylic acids is 2. The summed E-state index contributed by atoms with van der Waals surface area (Å²) in [5.74, 6) is 0.276. The van der Waals surface area contributed by atoms with Crippen molar-refractivity contribution in [3.05, 3.63) is 82.2 Å². The van der Waals surface area contributed by atoms with E-state index in [9.17, 15) is 9.59 Å². The van der Waals surface area contributed by atoms with Crippen LogP contribution < -0.4 is 15.0 Å². The fourth-order valence-corrected chi connectivity index (χ4v) is 3.26. The molecule has 0 saturated carbocycles. The third-order valence-corrected chi connectivity index (χ3v) is 4.80. The Morgan fingerprint density at radius 3 is 2.47 bits per heavy atom. The van der Waals surface area contributed by atoms with Gasteiger partial charge in [-0.15, -0.1) is 0 Å². The molecule has 0 bridgehead atoms.